The molecule has 7 nitrogen and oxygen atoms in total. The number of hydrogen-bond acceptors (Lipinski definition) is 7. The highest BCUT2D eigenvalue weighted by molar-refractivity contribution is 7.15. The van der Waals surface area contributed by atoms with Gasteiger partial charge in [0, 0.05) is 23.6 Å². The molecule has 3 aromatic rings. The van der Waals surface area contributed by atoms with Crippen LogP contribution in [0.1, 0.15) is 63.9 Å². The Morgan fingerprint density at radius 1 is 1.03 bits per heavy atom. The lowest BCUT2D eigenvalue weighted by Crippen LogP contribution is -2.55. The van der Waals surface area contributed by atoms with Gasteiger partial charge in [-0.3, -0.25) is 9.59 Å². The fourth-order valence-electron chi connectivity index (χ4n) is 4.62. The van der Waals surface area contributed by atoms with Gasteiger partial charge < -0.3 is 20.1 Å². The maximum Gasteiger partial charge on any atom is 0.252 e. The van der Waals surface area contributed by atoms with Crippen molar-refractivity contribution in [2.75, 3.05) is 20.8 Å². The van der Waals surface area contributed by atoms with Crippen molar-refractivity contribution in [1.82, 2.24) is 15.6 Å². The highest BCUT2D eigenvalue weighted by atomic mass is 32.1. The van der Waals surface area contributed by atoms with Crippen LogP contribution in [0.15, 0.2) is 48.5 Å². The van der Waals surface area contributed by atoms with E-state index in [-0.39, 0.29) is 17.7 Å². The lowest BCUT2D eigenvalue weighted by atomic mass is 9.92. The zero-order chi connectivity index (χ0) is 25.1. The van der Waals surface area contributed by atoms with E-state index >= 15 is 0 Å². The van der Waals surface area contributed by atoms with Crippen LogP contribution in [0.5, 0.6) is 11.5 Å². The molecule has 2 unspecified atom stereocenters. The second-order valence-electron chi connectivity index (χ2n) is 9.34. The summed E-state index contributed by atoms with van der Waals surface area (Å²) in [5.41, 5.74) is 1.80. The lowest BCUT2D eigenvalue weighted by Gasteiger charge is -2.31. The molecule has 2 heterocycles. The number of ketones is 1. The van der Waals surface area contributed by atoms with E-state index in [1.807, 2.05) is 30.3 Å². The van der Waals surface area contributed by atoms with Crippen LogP contribution in [-0.2, 0) is 0 Å². The number of nitrogens with one attached hydrogen (secondary N) is 2. The first-order valence-electron chi connectivity index (χ1n) is 12.4. The Kier molecular flexibility index (Phi) is 7.34. The predicted octanol–water partition coefficient (Wildman–Crippen LogP) is 4.83. The van der Waals surface area contributed by atoms with Crippen LogP contribution in [0.2, 0.25) is 0 Å². The van der Waals surface area contributed by atoms with E-state index in [0.29, 0.717) is 28.7 Å². The molecule has 188 valence electrons. The number of benzene rings is 2. The maximum absolute atomic E-state index is 14.1. The van der Waals surface area contributed by atoms with Crippen LogP contribution in [0.3, 0.4) is 0 Å². The summed E-state index contributed by atoms with van der Waals surface area (Å²) in [5, 5.41) is 7.51. The average molecular weight is 506 g/mol. The summed E-state index contributed by atoms with van der Waals surface area (Å²) < 4.78 is 10.7. The van der Waals surface area contributed by atoms with Gasteiger partial charge >= 0.3 is 0 Å². The fourth-order valence-corrected chi connectivity index (χ4v) is 5.86. The lowest BCUT2D eigenvalue weighted by molar-refractivity contribution is 0.0823. The number of amides is 1. The standard InChI is InChI=1S/C28H31N3O4S/c1-34-20-14-19(15-21(16-20)35-2)27(33)30-23(22-10-6-7-13-29-22)25(32)24-26(17-8-4-3-5-9-17)36-28(31-24)18-11-12-18/h3-5,8-9,14-16,18,22-23,29H,6-7,10-13H2,1-2H3,(H,30,33). The van der Waals surface area contributed by atoms with Crippen LogP contribution in [-0.4, -0.2) is 49.5 Å². The Balaban J connectivity index is 1.50. The number of Topliss-reactive ketones (excluding diaryl/α,β-unsaturated/α-hetero) is 1. The SMILES string of the molecule is COc1cc(OC)cc(C(=O)NC(C(=O)c2nc(C3CC3)sc2-c2ccccc2)C2CCCCN2)c1. The molecule has 1 saturated carbocycles. The second kappa shape index (κ2) is 10.8. The third-order valence-electron chi connectivity index (χ3n) is 6.77. The Morgan fingerprint density at radius 2 is 1.75 bits per heavy atom. The van der Waals surface area contributed by atoms with Crippen molar-refractivity contribution in [2.45, 2.75) is 50.1 Å². The van der Waals surface area contributed by atoms with Crippen molar-refractivity contribution >= 4 is 23.0 Å². The highest BCUT2D eigenvalue weighted by Gasteiger charge is 2.37. The summed E-state index contributed by atoms with van der Waals surface area (Å²) in [5.74, 6) is 0.955. The van der Waals surface area contributed by atoms with Crippen LogP contribution < -0.4 is 20.1 Å². The van der Waals surface area contributed by atoms with E-state index in [9.17, 15) is 9.59 Å². The summed E-state index contributed by atoms with van der Waals surface area (Å²) in [7, 11) is 3.08. The van der Waals surface area contributed by atoms with E-state index in [2.05, 4.69) is 10.6 Å². The number of ether oxygens (including phenoxy) is 2. The molecule has 36 heavy (non-hydrogen) atoms. The molecule has 1 aliphatic heterocycles. The first-order valence-corrected chi connectivity index (χ1v) is 13.3. The number of aromatic nitrogens is 1. The van der Waals surface area contributed by atoms with E-state index < -0.39 is 6.04 Å². The molecular weight excluding hydrogens is 474 g/mol. The summed E-state index contributed by atoms with van der Waals surface area (Å²) in [6.45, 7) is 0.813. The van der Waals surface area contributed by atoms with Gasteiger partial charge in [0.15, 0.2) is 0 Å². The molecule has 2 atom stereocenters. The van der Waals surface area contributed by atoms with E-state index in [0.717, 1.165) is 54.1 Å². The number of carbonyl (C=O) groups excluding carboxylic acids is 2. The molecule has 1 saturated heterocycles. The minimum Gasteiger partial charge on any atom is -0.497 e. The van der Waals surface area contributed by atoms with E-state index in [1.54, 1.807) is 43.8 Å². The van der Waals surface area contributed by atoms with Gasteiger partial charge in [-0.05, 0) is 49.9 Å². The van der Waals surface area contributed by atoms with Crippen LogP contribution >= 0.6 is 11.3 Å². The molecule has 1 aromatic heterocycles. The van der Waals surface area contributed by atoms with E-state index in [1.165, 1.54) is 0 Å². The summed E-state index contributed by atoms with van der Waals surface area (Å²) in [6.07, 6.45) is 5.07. The molecule has 0 bridgehead atoms. The Labute approximate surface area is 215 Å². The zero-order valence-electron chi connectivity index (χ0n) is 20.6. The molecule has 1 aliphatic carbocycles. The molecular formula is C28H31N3O4S. The minimum absolute atomic E-state index is 0.153. The van der Waals surface area contributed by atoms with Gasteiger partial charge in [0.05, 0.1) is 24.1 Å². The number of thiazole rings is 1. The van der Waals surface area contributed by atoms with Gasteiger partial charge in [-0.25, -0.2) is 4.98 Å². The average Bonchev–Trinajstić information content (AvgIpc) is 3.69. The molecule has 0 radical (unpaired) electrons. The summed E-state index contributed by atoms with van der Waals surface area (Å²) in [4.78, 5) is 33.3. The number of nitrogens with zero attached hydrogens (tertiary/aromatic N) is 1. The predicted molar refractivity (Wildman–Crippen MR) is 140 cm³/mol. The maximum atomic E-state index is 14.1. The van der Waals surface area contributed by atoms with Gasteiger partial charge in [0.2, 0.25) is 5.78 Å². The Morgan fingerprint density at radius 3 is 2.36 bits per heavy atom. The first-order chi connectivity index (χ1) is 17.6. The van der Waals surface area contributed by atoms with Crippen LogP contribution in [0, 0.1) is 0 Å². The van der Waals surface area contributed by atoms with Crippen LogP contribution in [0.4, 0.5) is 0 Å². The number of methoxy groups -OCH3 is 2. The normalized spacial score (nSPS) is 18.3. The molecule has 2 aliphatic rings. The van der Waals surface area contributed by atoms with Crippen molar-refractivity contribution in [2.24, 2.45) is 0 Å². The van der Waals surface area contributed by atoms with E-state index in [4.69, 9.17) is 14.5 Å². The van der Waals surface area contributed by atoms with Gasteiger partial charge in [-0.15, -0.1) is 11.3 Å². The first kappa shape index (κ1) is 24.5. The third kappa shape index (κ3) is 5.29. The van der Waals surface area contributed by atoms with Gasteiger partial charge in [-0.1, -0.05) is 36.8 Å². The molecule has 0 spiro atoms. The largest absolute Gasteiger partial charge is 0.497 e. The Hall–Kier alpha value is -3.23. The molecule has 1 amide bonds. The summed E-state index contributed by atoms with van der Waals surface area (Å²) in [6, 6.07) is 14.0. The van der Waals surface area contributed by atoms with Crippen molar-refractivity contribution in [3.63, 3.8) is 0 Å². The monoisotopic (exact) mass is 505 g/mol. The fraction of sp³-hybridized carbons (Fsp3) is 0.393. The van der Waals surface area contributed by atoms with Crippen molar-refractivity contribution < 1.29 is 19.1 Å². The third-order valence-corrected chi connectivity index (χ3v) is 8.04. The van der Waals surface area contributed by atoms with Crippen LogP contribution in [0.25, 0.3) is 10.4 Å². The minimum atomic E-state index is -0.744. The molecule has 2 fully saturated rings. The van der Waals surface area contributed by atoms with Gasteiger partial charge in [0.25, 0.3) is 5.91 Å². The molecule has 2 N–H and O–H groups in total. The topological polar surface area (TPSA) is 89.5 Å². The smallest absolute Gasteiger partial charge is 0.252 e. The molecule has 8 heteroatoms. The number of hydrogen-bond donors (Lipinski definition) is 2. The highest BCUT2D eigenvalue weighted by Crippen LogP contribution is 2.45. The zero-order valence-corrected chi connectivity index (χ0v) is 21.4. The van der Waals surface area contributed by atoms with Gasteiger partial charge in [-0.2, -0.15) is 0 Å². The quantitative estimate of drug-likeness (QED) is 0.405. The second-order valence-corrected chi connectivity index (χ2v) is 10.4. The molecule has 5 rings (SSSR count). The van der Waals surface area contributed by atoms with Crippen molar-refractivity contribution in [3.05, 3.63) is 64.8 Å². The summed E-state index contributed by atoms with van der Waals surface area (Å²) >= 11 is 1.60. The molecule has 2 aromatic carbocycles. The van der Waals surface area contributed by atoms with Gasteiger partial charge in [0.1, 0.15) is 23.2 Å². The Bertz CT molecular complexity index is 1210. The number of piperidine rings is 1. The number of carbonyl (C=O) groups is 2. The van der Waals surface area contributed by atoms with Crippen molar-refractivity contribution in [3.8, 4) is 21.9 Å². The van der Waals surface area contributed by atoms with Crippen molar-refractivity contribution in [1.29, 1.82) is 0 Å². The number of rotatable bonds is 9.